The number of nitrogens with one attached hydrogen (secondary N) is 1. The van der Waals surface area contributed by atoms with E-state index in [2.05, 4.69) is 30.5 Å². The van der Waals surface area contributed by atoms with Crippen molar-refractivity contribution in [1.29, 1.82) is 0 Å². The average Bonchev–Trinajstić information content (AvgIpc) is 3.18. The number of rotatable bonds is 4. The van der Waals surface area contributed by atoms with Gasteiger partial charge in [0.15, 0.2) is 11.6 Å². The molecule has 0 spiro atoms. The molecule has 8 nitrogen and oxygen atoms in total. The van der Waals surface area contributed by atoms with Crippen LogP contribution in [-0.2, 0) is 6.42 Å². The summed E-state index contributed by atoms with van der Waals surface area (Å²) in [6.45, 7) is 0. The summed E-state index contributed by atoms with van der Waals surface area (Å²) in [5, 5.41) is 21.9. The molecule has 2 saturated heterocycles. The smallest absolute Gasteiger partial charge is 0.394 e. The standard InChI is InChI=1S/C21H21F4N7O/c1-32(16-4-10-2-3-13(28-10)19(16)22)18-9-27-20(31-30-18)12-5-14-15(6-17(12)33)29-11(8-26-14)7-21(23,24)25/h5-6,8-10,13,16,19,28,33H,2-4,7H2,1H3/t10-,13?,16-,19+/m1/s1. The first-order valence-corrected chi connectivity index (χ1v) is 10.6. The number of hydrogen-bond donors (Lipinski definition) is 2. The molecule has 1 aromatic carbocycles. The van der Waals surface area contributed by atoms with E-state index in [0.717, 1.165) is 19.0 Å². The number of benzene rings is 1. The minimum Gasteiger partial charge on any atom is -0.507 e. The van der Waals surface area contributed by atoms with E-state index in [-0.39, 0.29) is 45.9 Å². The molecule has 0 saturated carbocycles. The van der Waals surface area contributed by atoms with Crippen molar-refractivity contribution in [1.82, 2.24) is 30.5 Å². The number of fused-ring (bicyclic) bond motifs is 3. The van der Waals surface area contributed by atoms with Crippen molar-refractivity contribution < 1.29 is 22.7 Å². The fraction of sp³-hybridized carbons (Fsp3) is 0.476. The van der Waals surface area contributed by atoms with Gasteiger partial charge < -0.3 is 15.3 Å². The zero-order valence-corrected chi connectivity index (χ0v) is 17.6. The van der Waals surface area contributed by atoms with Gasteiger partial charge >= 0.3 is 6.18 Å². The first-order chi connectivity index (χ1) is 15.7. The molecule has 33 heavy (non-hydrogen) atoms. The molecule has 0 amide bonds. The van der Waals surface area contributed by atoms with Crippen LogP contribution in [0.1, 0.15) is 25.0 Å². The lowest BCUT2D eigenvalue weighted by atomic mass is 9.96. The van der Waals surface area contributed by atoms with Gasteiger partial charge in [-0.05, 0) is 25.3 Å². The molecule has 1 unspecified atom stereocenters. The molecule has 2 aliphatic rings. The molecular formula is C21H21F4N7O. The maximum absolute atomic E-state index is 14.9. The van der Waals surface area contributed by atoms with Crippen LogP contribution in [0.5, 0.6) is 5.75 Å². The number of hydrogen-bond acceptors (Lipinski definition) is 8. The van der Waals surface area contributed by atoms with E-state index in [1.165, 1.54) is 18.3 Å². The number of piperidine rings is 1. The fourth-order valence-corrected chi connectivity index (χ4v) is 4.63. The number of nitrogens with zero attached hydrogens (tertiary/aromatic N) is 6. The third-order valence-electron chi connectivity index (χ3n) is 6.29. The number of phenolic OH excluding ortho intramolecular Hbond substituents is 1. The zero-order valence-electron chi connectivity index (χ0n) is 17.6. The number of anilines is 1. The molecule has 2 aliphatic heterocycles. The van der Waals surface area contributed by atoms with Gasteiger partial charge in [0.1, 0.15) is 11.9 Å². The Morgan fingerprint density at radius 1 is 1.12 bits per heavy atom. The third-order valence-corrected chi connectivity index (χ3v) is 6.29. The van der Waals surface area contributed by atoms with Crippen molar-refractivity contribution in [3.8, 4) is 17.1 Å². The highest BCUT2D eigenvalue weighted by Gasteiger charge is 2.44. The van der Waals surface area contributed by atoms with Crippen LogP contribution in [-0.4, -0.2) is 67.8 Å². The molecule has 5 rings (SSSR count). The van der Waals surface area contributed by atoms with Crippen LogP contribution >= 0.6 is 0 Å². The minimum atomic E-state index is -4.41. The summed E-state index contributed by atoms with van der Waals surface area (Å²) >= 11 is 0. The van der Waals surface area contributed by atoms with Crippen LogP contribution in [0.2, 0.25) is 0 Å². The molecule has 12 heteroatoms. The predicted molar refractivity (Wildman–Crippen MR) is 111 cm³/mol. The van der Waals surface area contributed by atoms with Crippen molar-refractivity contribution in [2.75, 3.05) is 11.9 Å². The molecule has 0 aliphatic carbocycles. The summed E-state index contributed by atoms with van der Waals surface area (Å²) in [7, 11) is 1.76. The van der Waals surface area contributed by atoms with Gasteiger partial charge in [-0.2, -0.15) is 13.2 Å². The Balaban J connectivity index is 1.38. The second kappa shape index (κ2) is 8.01. The van der Waals surface area contributed by atoms with E-state index >= 15 is 0 Å². The summed E-state index contributed by atoms with van der Waals surface area (Å²) in [6.07, 6.45) is -1.69. The van der Waals surface area contributed by atoms with Crippen molar-refractivity contribution in [2.24, 2.45) is 0 Å². The maximum atomic E-state index is 14.9. The molecule has 2 fully saturated rings. The Kier molecular flexibility index (Phi) is 5.26. The van der Waals surface area contributed by atoms with Crippen molar-refractivity contribution in [2.45, 2.75) is 56.2 Å². The largest absolute Gasteiger partial charge is 0.507 e. The first-order valence-electron chi connectivity index (χ1n) is 10.6. The minimum absolute atomic E-state index is 0.106. The SMILES string of the molecule is CN(c1cnc(-c2cc3ncc(CC(F)(F)F)nc3cc2O)nn1)[C@@H]1C[C@H]2CCC(N2)[C@@H]1F. The van der Waals surface area contributed by atoms with Crippen LogP contribution in [0.25, 0.3) is 22.4 Å². The summed E-state index contributed by atoms with van der Waals surface area (Å²) in [4.78, 5) is 14.0. The molecule has 2 N–H and O–H groups in total. The van der Waals surface area contributed by atoms with E-state index in [1.54, 1.807) is 11.9 Å². The lowest BCUT2D eigenvalue weighted by molar-refractivity contribution is -0.127. The van der Waals surface area contributed by atoms with Crippen molar-refractivity contribution in [3.05, 3.63) is 30.2 Å². The highest BCUT2D eigenvalue weighted by Crippen LogP contribution is 2.34. The lowest BCUT2D eigenvalue weighted by Crippen LogP contribution is -2.55. The second-order valence-corrected chi connectivity index (χ2v) is 8.56. The molecular weight excluding hydrogens is 442 g/mol. The Morgan fingerprint density at radius 3 is 2.67 bits per heavy atom. The fourth-order valence-electron chi connectivity index (χ4n) is 4.63. The van der Waals surface area contributed by atoms with E-state index in [4.69, 9.17) is 0 Å². The number of alkyl halides is 4. The Bertz CT molecular complexity index is 1170. The monoisotopic (exact) mass is 463 g/mol. The van der Waals surface area contributed by atoms with Crippen molar-refractivity contribution in [3.63, 3.8) is 0 Å². The summed E-state index contributed by atoms with van der Waals surface area (Å²) in [6, 6.07) is 2.48. The molecule has 2 bridgehead atoms. The quantitative estimate of drug-likeness (QED) is 0.570. The topological polar surface area (TPSA) is 100.0 Å². The van der Waals surface area contributed by atoms with Gasteiger partial charge in [-0.3, -0.25) is 4.98 Å². The first kappa shape index (κ1) is 21.7. The lowest BCUT2D eigenvalue weighted by Gasteiger charge is -2.38. The molecule has 4 atom stereocenters. The second-order valence-electron chi connectivity index (χ2n) is 8.56. The van der Waals surface area contributed by atoms with E-state index in [1.807, 2.05) is 0 Å². The van der Waals surface area contributed by atoms with Crippen LogP contribution in [0.4, 0.5) is 23.4 Å². The Morgan fingerprint density at radius 2 is 1.94 bits per heavy atom. The number of halogens is 4. The summed E-state index contributed by atoms with van der Waals surface area (Å²) in [5.74, 6) is 0.252. The summed E-state index contributed by atoms with van der Waals surface area (Å²) < 4.78 is 52.7. The Hall–Kier alpha value is -3.15. The molecule has 3 aromatic rings. The van der Waals surface area contributed by atoms with Crippen LogP contribution in [0.3, 0.4) is 0 Å². The van der Waals surface area contributed by atoms with Crippen LogP contribution < -0.4 is 10.2 Å². The number of aromatic hydroxyl groups is 1. The molecule has 174 valence electrons. The number of aromatic nitrogens is 5. The summed E-state index contributed by atoms with van der Waals surface area (Å²) in [5.41, 5.74) is 0.371. The van der Waals surface area contributed by atoms with Gasteiger partial charge in [0, 0.05) is 31.4 Å². The van der Waals surface area contributed by atoms with Crippen molar-refractivity contribution >= 4 is 16.9 Å². The molecule has 4 heterocycles. The van der Waals surface area contributed by atoms with E-state index < -0.39 is 18.8 Å². The Labute approximate surface area is 186 Å². The maximum Gasteiger partial charge on any atom is 0.394 e. The highest BCUT2D eigenvalue weighted by atomic mass is 19.4. The molecule has 0 radical (unpaired) electrons. The molecule has 2 aromatic heterocycles. The van der Waals surface area contributed by atoms with E-state index in [9.17, 15) is 22.7 Å². The van der Waals surface area contributed by atoms with Gasteiger partial charge in [-0.1, -0.05) is 0 Å². The normalized spacial score (nSPS) is 24.9. The highest BCUT2D eigenvalue weighted by molar-refractivity contribution is 5.83. The van der Waals surface area contributed by atoms with Crippen LogP contribution in [0, 0.1) is 0 Å². The average molecular weight is 463 g/mol. The number of phenols is 1. The van der Waals surface area contributed by atoms with Gasteiger partial charge in [-0.15, -0.1) is 10.2 Å². The van der Waals surface area contributed by atoms with E-state index in [0.29, 0.717) is 18.3 Å². The van der Waals surface area contributed by atoms with Gasteiger partial charge in [0.25, 0.3) is 0 Å². The van der Waals surface area contributed by atoms with Gasteiger partial charge in [0.05, 0.1) is 41.0 Å². The zero-order chi connectivity index (χ0) is 23.3. The van der Waals surface area contributed by atoms with Gasteiger partial charge in [0.2, 0.25) is 0 Å². The predicted octanol–water partition coefficient (Wildman–Crippen LogP) is 2.96. The van der Waals surface area contributed by atoms with Crippen LogP contribution in [0.15, 0.2) is 24.5 Å². The third kappa shape index (κ3) is 4.26. The van der Waals surface area contributed by atoms with Gasteiger partial charge in [-0.25, -0.2) is 14.4 Å².